The van der Waals surface area contributed by atoms with Crippen LogP contribution in [0.3, 0.4) is 0 Å². The molecule has 0 unspecified atom stereocenters. The molecule has 0 atom stereocenters. The Morgan fingerprint density at radius 1 is 1.16 bits per heavy atom. The van der Waals surface area contributed by atoms with Crippen molar-refractivity contribution in [1.29, 1.82) is 0 Å². The van der Waals surface area contributed by atoms with Gasteiger partial charge in [-0.25, -0.2) is 4.98 Å². The van der Waals surface area contributed by atoms with E-state index >= 15 is 0 Å². The molecule has 1 amide bonds. The Morgan fingerprint density at radius 2 is 1.89 bits per heavy atom. The Kier molecular flexibility index (Phi) is 4.30. The Bertz CT molecular complexity index is 644. The quantitative estimate of drug-likeness (QED) is 0.823. The molecule has 1 heterocycles. The number of amides is 1. The molecular weight excluding hydrogens is 307 g/mol. The highest BCUT2D eigenvalue weighted by molar-refractivity contribution is 6.36. The Balaban J connectivity index is 2.28. The number of benzene rings is 1. The number of halogens is 3. The lowest BCUT2D eigenvalue weighted by Gasteiger charge is -2.09. The van der Waals surface area contributed by atoms with Gasteiger partial charge in [0.1, 0.15) is 5.15 Å². The van der Waals surface area contributed by atoms with Crippen molar-refractivity contribution in [1.82, 2.24) is 4.98 Å². The molecule has 0 saturated heterocycles. The van der Waals surface area contributed by atoms with Crippen molar-refractivity contribution < 1.29 is 4.79 Å². The summed E-state index contributed by atoms with van der Waals surface area (Å²) < 4.78 is 0. The van der Waals surface area contributed by atoms with Crippen LogP contribution in [0, 0.1) is 6.92 Å². The summed E-state index contributed by atoms with van der Waals surface area (Å²) in [5.41, 5.74) is 1.77. The number of hydrogen-bond acceptors (Lipinski definition) is 2. The van der Waals surface area contributed by atoms with Crippen LogP contribution in [0.4, 0.5) is 5.69 Å². The van der Waals surface area contributed by atoms with Crippen molar-refractivity contribution in [2.45, 2.75) is 6.92 Å². The van der Waals surface area contributed by atoms with Gasteiger partial charge < -0.3 is 5.32 Å². The van der Waals surface area contributed by atoms with Crippen LogP contribution in [0.15, 0.2) is 30.5 Å². The summed E-state index contributed by atoms with van der Waals surface area (Å²) in [5.74, 6) is -0.389. The molecule has 0 radical (unpaired) electrons. The molecule has 19 heavy (non-hydrogen) atoms. The van der Waals surface area contributed by atoms with Crippen LogP contribution in [-0.2, 0) is 0 Å². The molecule has 2 aromatic rings. The van der Waals surface area contributed by atoms with E-state index in [4.69, 9.17) is 34.8 Å². The third-order valence-corrected chi connectivity index (χ3v) is 3.26. The van der Waals surface area contributed by atoms with Crippen molar-refractivity contribution in [2.24, 2.45) is 0 Å². The molecule has 6 heteroatoms. The first kappa shape index (κ1) is 14.1. The molecule has 0 spiro atoms. The van der Waals surface area contributed by atoms with Crippen LogP contribution in [0.5, 0.6) is 0 Å². The van der Waals surface area contributed by atoms with Gasteiger partial charge in [0.25, 0.3) is 5.91 Å². The third-order valence-electron chi connectivity index (χ3n) is 2.44. The predicted molar refractivity (Wildman–Crippen MR) is 78.4 cm³/mol. The zero-order valence-electron chi connectivity index (χ0n) is 9.88. The van der Waals surface area contributed by atoms with Gasteiger partial charge in [-0.15, -0.1) is 0 Å². The average molecular weight is 316 g/mol. The van der Waals surface area contributed by atoms with E-state index in [1.165, 1.54) is 12.3 Å². The van der Waals surface area contributed by atoms with E-state index in [9.17, 15) is 4.79 Å². The highest BCUT2D eigenvalue weighted by Crippen LogP contribution is 2.25. The molecule has 0 fully saturated rings. The lowest BCUT2D eigenvalue weighted by Crippen LogP contribution is -2.13. The summed E-state index contributed by atoms with van der Waals surface area (Å²) in [7, 11) is 0. The van der Waals surface area contributed by atoms with E-state index in [2.05, 4.69) is 10.3 Å². The minimum atomic E-state index is -0.389. The molecule has 1 aromatic carbocycles. The second kappa shape index (κ2) is 5.78. The third kappa shape index (κ3) is 3.38. The highest BCUT2D eigenvalue weighted by Gasteiger charge is 2.13. The summed E-state index contributed by atoms with van der Waals surface area (Å²) in [6.45, 7) is 1.91. The van der Waals surface area contributed by atoms with Gasteiger partial charge in [-0.1, -0.05) is 40.9 Å². The van der Waals surface area contributed by atoms with E-state index in [0.717, 1.165) is 5.56 Å². The van der Waals surface area contributed by atoms with Crippen LogP contribution in [0.25, 0.3) is 0 Å². The molecule has 3 nitrogen and oxygen atoms in total. The topological polar surface area (TPSA) is 42.0 Å². The number of pyridine rings is 1. The minimum absolute atomic E-state index is 0.199. The van der Waals surface area contributed by atoms with Crippen LogP contribution in [-0.4, -0.2) is 10.9 Å². The number of carbonyl (C=O) groups is 1. The van der Waals surface area contributed by atoms with Gasteiger partial charge in [0, 0.05) is 6.20 Å². The molecule has 0 bridgehead atoms. The molecule has 0 aliphatic heterocycles. The van der Waals surface area contributed by atoms with Crippen molar-refractivity contribution in [2.75, 3.05) is 5.32 Å². The zero-order valence-corrected chi connectivity index (χ0v) is 12.1. The minimum Gasteiger partial charge on any atom is -0.321 e. The van der Waals surface area contributed by atoms with Crippen molar-refractivity contribution in [3.63, 3.8) is 0 Å². The van der Waals surface area contributed by atoms with E-state index in [0.29, 0.717) is 10.7 Å². The molecule has 98 valence electrons. The molecule has 0 aliphatic rings. The first-order valence-corrected chi connectivity index (χ1v) is 6.49. The Labute approximate surface area is 125 Å². The number of nitrogens with zero attached hydrogens (tertiary/aromatic N) is 1. The van der Waals surface area contributed by atoms with Gasteiger partial charge >= 0.3 is 0 Å². The maximum absolute atomic E-state index is 12.1. The molecular formula is C13H9Cl3N2O. The first-order valence-electron chi connectivity index (χ1n) is 5.36. The number of aromatic nitrogens is 1. The fraction of sp³-hybridized carbons (Fsp3) is 0.0769. The first-order chi connectivity index (χ1) is 8.97. The van der Waals surface area contributed by atoms with Gasteiger partial charge in [0.2, 0.25) is 0 Å². The molecule has 1 aromatic heterocycles. The molecule has 1 N–H and O–H groups in total. The van der Waals surface area contributed by atoms with Gasteiger partial charge in [-0.05, 0) is 30.7 Å². The van der Waals surface area contributed by atoms with Crippen molar-refractivity contribution >= 4 is 46.4 Å². The maximum Gasteiger partial charge on any atom is 0.257 e. The number of hydrogen-bond donors (Lipinski definition) is 1. The number of nitrogens with one attached hydrogen (secondary N) is 1. The van der Waals surface area contributed by atoms with Crippen LogP contribution in [0.2, 0.25) is 15.2 Å². The van der Waals surface area contributed by atoms with Crippen molar-refractivity contribution in [3.05, 3.63) is 56.8 Å². The predicted octanol–water partition coefficient (Wildman–Crippen LogP) is 4.60. The Hall–Kier alpha value is -1.29. The lowest BCUT2D eigenvalue weighted by molar-refractivity contribution is 0.102. The Morgan fingerprint density at radius 3 is 2.58 bits per heavy atom. The summed E-state index contributed by atoms with van der Waals surface area (Å²) in [6, 6.07) is 6.74. The molecule has 0 aliphatic carbocycles. The number of carbonyl (C=O) groups excluding carboxylic acids is 1. The summed E-state index contributed by atoms with van der Waals surface area (Å²) >= 11 is 17.7. The average Bonchev–Trinajstić information content (AvgIpc) is 2.35. The van der Waals surface area contributed by atoms with Gasteiger partial charge in [-0.3, -0.25) is 4.79 Å². The van der Waals surface area contributed by atoms with Crippen LogP contribution in [0.1, 0.15) is 15.9 Å². The molecule has 0 saturated carbocycles. The van der Waals surface area contributed by atoms with E-state index < -0.39 is 0 Å². The largest absolute Gasteiger partial charge is 0.321 e. The fourth-order valence-corrected chi connectivity index (χ4v) is 2.13. The van der Waals surface area contributed by atoms with Crippen LogP contribution < -0.4 is 5.32 Å². The smallest absolute Gasteiger partial charge is 0.257 e. The molecule has 2 rings (SSSR count). The normalized spacial score (nSPS) is 10.3. The lowest BCUT2D eigenvalue weighted by atomic mass is 10.2. The van der Waals surface area contributed by atoms with Crippen molar-refractivity contribution in [3.8, 4) is 0 Å². The number of aryl methyl sites for hydroxylation is 1. The second-order valence-electron chi connectivity index (χ2n) is 3.92. The maximum atomic E-state index is 12.1. The number of rotatable bonds is 2. The van der Waals surface area contributed by atoms with Gasteiger partial charge in [0.15, 0.2) is 0 Å². The standard InChI is InChI=1S/C13H9Cl3N2O/c1-7-2-3-11(9(14)4-7)18-13(19)8-5-12(16)17-6-10(8)15/h2-6H,1H3,(H,18,19). The SMILES string of the molecule is Cc1ccc(NC(=O)c2cc(Cl)ncc2Cl)c(Cl)c1. The fourth-order valence-electron chi connectivity index (χ4n) is 1.50. The summed E-state index contributed by atoms with van der Waals surface area (Å²) in [4.78, 5) is 15.9. The van der Waals surface area contributed by atoms with Crippen LogP contribution >= 0.6 is 34.8 Å². The van der Waals surface area contributed by atoms with E-state index in [1.54, 1.807) is 12.1 Å². The van der Waals surface area contributed by atoms with Gasteiger partial charge in [0.05, 0.1) is 21.3 Å². The summed E-state index contributed by atoms with van der Waals surface area (Å²) in [6.07, 6.45) is 1.33. The number of anilines is 1. The second-order valence-corrected chi connectivity index (χ2v) is 5.13. The van der Waals surface area contributed by atoms with E-state index in [-0.39, 0.29) is 21.6 Å². The monoisotopic (exact) mass is 314 g/mol. The highest BCUT2D eigenvalue weighted by atomic mass is 35.5. The summed E-state index contributed by atoms with van der Waals surface area (Å²) in [5, 5.41) is 3.57. The van der Waals surface area contributed by atoms with E-state index in [1.807, 2.05) is 13.0 Å². The zero-order chi connectivity index (χ0) is 14.0. The van der Waals surface area contributed by atoms with Gasteiger partial charge in [-0.2, -0.15) is 0 Å².